The average molecular weight is 380 g/mol. The lowest BCUT2D eigenvalue weighted by molar-refractivity contribution is -0.133. The van der Waals surface area contributed by atoms with Crippen molar-refractivity contribution in [3.63, 3.8) is 0 Å². The number of rotatable bonds is 8. The Morgan fingerprint density at radius 1 is 1.16 bits per heavy atom. The molecule has 2 fully saturated rings. The molecule has 0 aromatic carbocycles. The lowest BCUT2D eigenvalue weighted by atomic mass is 10.1. The first-order valence-corrected chi connectivity index (χ1v) is 11.9. The van der Waals surface area contributed by atoms with Gasteiger partial charge in [-0.1, -0.05) is 28.0 Å². The number of aromatic nitrogens is 1. The minimum absolute atomic E-state index is 0.363. The van der Waals surface area contributed by atoms with Crippen LogP contribution in [0, 0.1) is 0 Å². The van der Waals surface area contributed by atoms with E-state index in [0.717, 1.165) is 57.2 Å². The monoisotopic (exact) mass is 379 g/mol. The molecule has 0 aliphatic carbocycles. The highest BCUT2D eigenvalue weighted by Crippen LogP contribution is 2.39. The van der Waals surface area contributed by atoms with Crippen LogP contribution in [0.15, 0.2) is 24.5 Å². The molecule has 0 bridgehead atoms. The molecule has 2 saturated heterocycles. The van der Waals surface area contributed by atoms with E-state index in [1.807, 2.05) is 34.0 Å². The van der Waals surface area contributed by atoms with Gasteiger partial charge in [-0.05, 0) is 43.4 Å². The number of amides is 1. The van der Waals surface area contributed by atoms with Gasteiger partial charge >= 0.3 is 0 Å². The zero-order valence-corrected chi connectivity index (χ0v) is 16.6. The van der Waals surface area contributed by atoms with E-state index in [1.54, 1.807) is 0 Å². The summed E-state index contributed by atoms with van der Waals surface area (Å²) in [7, 11) is 4.05. The third-order valence-corrected chi connectivity index (χ3v) is 8.09. The number of nitrogens with zero attached hydrogens (tertiary/aromatic N) is 3. The summed E-state index contributed by atoms with van der Waals surface area (Å²) in [6.07, 6.45) is 10.4. The largest absolute Gasteiger partial charge is 0.340 e. The first kappa shape index (κ1) is 19.1. The summed E-state index contributed by atoms with van der Waals surface area (Å²) in [5.41, 5.74) is 1.34. The zero-order chi connectivity index (χ0) is 17.3. The number of carbonyl (C=O) groups excluding carboxylic acids is 1. The van der Waals surface area contributed by atoms with Gasteiger partial charge in [-0.3, -0.25) is 14.7 Å². The van der Waals surface area contributed by atoms with Gasteiger partial charge in [0.15, 0.2) is 0 Å². The van der Waals surface area contributed by atoms with Crippen LogP contribution in [0.2, 0.25) is 0 Å². The van der Waals surface area contributed by atoms with E-state index in [0.29, 0.717) is 5.91 Å². The molecular formula is C19H29N3OS2. The highest BCUT2D eigenvalue weighted by Gasteiger charge is 2.21. The van der Waals surface area contributed by atoms with Gasteiger partial charge in [0.2, 0.25) is 5.91 Å². The van der Waals surface area contributed by atoms with Crippen LogP contribution in [-0.4, -0.2) is 64.4 Å². The van der Waals surface area contributed by atoms with Crippen molar-refractivity contribution in [1.82, 2.24) is 14.8 Å². The van der Waals surface area contributed by atoms with Crippen molar-refractivity contribution in [1.29, 1.82) is 0 Å². The number of pyridine rings is 1. The summed E-state index contributed by atoms with van der Waals surface area (Å²) in [5, 5.41) is 0.837. The Bertz CT molecular complexity index is 515. The second-order valence-electron chi connectivity index (χ2n) is 6.90. The van der Waals surface area contributed by atoms with Crippen molar-refractivity contribution in [2.45, 2.75) is 43.8 Å². The molecular weight excluding hydrogens is 350 g/mol. The molecule has 138 valence electrons. The van der Waals surface area contributed by atoms with Crippen molar-refractivity contribution in [2.24, 2.45) is 0 Å². The third-order valence-electron chi connectivity index (χ3n) is 5.09. The predicted octanol–water partition coefficient (Wildman–Crippen LogP) is 3.48. The van der Waals surface area contributed by atoms with Crippen molar-refractivity contribution < 1.29 is 4.79 Å². The van der Waals surface area contributed by atoms with Crippen LogP contribution < -0.4 is 0 Å². The first-order valence-electron chi connectivity index (χ1n) is 9.48. The Kier molecular flexibility index (Phi) is 7.95. The average Bonchev–Trinajstić information content (AvgIpc) is 3.18. The van der Waals surface area contributed by atoms with E-state index in [-0.39, 0.29) is 0 Å². The van der Waals surface area contributed by atoms with Crippen LogP contribution in [-0.2, 0) is 11.2 Å². The maximum atomic E-state index is 12.4. The summed E-state index contributed by atoms with van der Waals surface area (Å²) in [6.45, 7) is 4.87. The van der Waals surface area contributed by atoms with E-state index in [4.69, 9.17) is 0 Å². The van der Waals surface area contributed by atoms with Crippen LogP contribution in [0.4, 0.5) is 0 Å². The lowest BCUT2D eigenvalue weighted by Gasteiger charge is -2.34. The lowest BCUT2D eigenvalue weighted by Crippen LogP contribution is -2.49. The van der Waals surface area contributed by atoms with E-state index < -0.39 is 0 Å². The quantitative estimate of drug-likeness (QED) is 0.510. The van der Waals surface area contributed by atoms with Gasteiger partial charge in [0.1, 0.15) is 0 Å². The summed E-state index contributed by atoms with van der Waals surface area (Å²) in [4.78, 5) is 21.0. The standard InChI is InChI=1S/C19H29N3OS2/c23-19(4-2-1-3-18-8-16-24-25-18)22-14-12-21(13-15-22)11-7-17-5-9-20-10-6-17/h5-6,9-10,18H,1-4,7-8,11-16H2/t18-/m0/s1. The number of unbranched alkanes of at least 4 members (excludes halogenated alkanes) is 1. The van der Waals surface area contributed by atoms with Crippen LogP contribution in [0.25, 0.3) is 0 Å². The minimum atomic E-state index is 0.363. The summed E-state index contributed by atoms with van der Waals surface area (Å²) in [5.74, 6) is 1.67. The number of hydrogen-bond acceptors (Lipinski definition) is 5. The molecule has 4 nitrogen and oxygen atoms in total. The van der Waals surface area contributed by atoms with Crippen LogP contribution in [0.3, 0.4) is 0 Å². The molecule has 6 heteroatoms. The molecule has 1 aromatic rings. The molecule has 1 aromatic heterocycles. The van der Waals surface area contributed by atoms with E-state index in [9.17, 15) is 4.79 Å². The second-order valence-corrected chi connectivity index (χ2v) is 9.69. The molecule has 0 spiro atoms. The van der Waals surface area contributed by atoms with Gasteiger partial charge in [-0.15, -0.1) is 0 Å². The SMILES string of the molecule is O=C(CCCC[C@H]1CCSS1)N1CCN(CCc2ccncc2)CC1. The molecule has 3 rings (SSSR count). The molecule has 1 atom stereocenters. The molecule has 2 aliphatic rings. The highest BCUT2D eigenvalue weighted by atomic mass is 33.1. The Balaban J connectivity index is 1.27. The van der Waals surface area contributed by atoms with Crippen molar-refractivity contribution in [3.8, 4) is 0 Å². The van der Waals surface area contributed by atoms with Gasteiger partial charge in [-0.25, -0.2) is 0 Å². The maximum Gasteiger partial charge on any atom is 0.222 e. The zero-order valence-electron chi connectivity index (χ0n) is 14.9. The number of carbonyl (C=O) groups is 1. The molecule has 0 radical (unpaired) electrons. The third kappa shape index (κ3) is 6.50. The topological polar surface area (TPSA) is 36.4 Å². The predicted molar refractivity (Wildman–Crippen MR) is 108 cm³/mol. The fourth-order valence-corrected chi connectivity index (χ4v) is 6.46. The van der Waals surface area contributed by atoms with E-state index in [2.05, 4.69) is 26.9 Å². The normalized spacial score (nSPS) is 21.6. The minimum Gasteiger partial charge on any atom is -0.340 e. The Morgan fingerprint density at radius 2 is 1.96 bits per heavy atom. The first-order chi connectivity index (χ1) is 12.3. The fourth-order valence-electron chi connectivity index (χ4n) is 3.43. The van der Waals surface area contributed by atoms with Crippen LogP contribution >= 0.6 is 21.6 Å². The second kappa shape index (κ2) is 10.4. The van der Waals surface area contributed by atoms with Crippen LogP contribution in [0.1, 0.15) is 37.7 Å². The van der Waals surface area contributed by atoms with Gasteiger partial charge in [0.05, 0.1) is 0 Å². The van der Waals surface area contributed by atoms with Gasteiger partial charge in [0.25, 0.3) is 0 Å². The highest BCUT2D eigenvalue weighted by molar-refractivity contribution is 8.77. The maximum absolute atomic E-state index is 12.4. The van der Waals surface area contributed by atoms with Crippen molar-refractivity contribution in [3.05, 3.63) is 30.1 Å². The number of hydrogen-bond donors (Lipinski definition) is 0. The molecule has 0 saturated carbocycles. The van der Waals surface area contributed by atoms with Crippen molar-refractivity contribution in [2.75, 3.05) is 38.5 Å². The molecule has 0 unspecified atom stereocenters. The Morgan fingerprint density at radius 3 is 2.68 bits per heavy atom. The molecule has 2 aliphatic heterocycles. The molecule has 0 N–H and O–H groups in total. The van der Waals surface area contributed by atoms with E-state index >= 15 is 0 Å². The summed E-state index contributed by atoms with van der Waals surface area (Å²) < 4.78 is 0. The summed E-state index contributed by atoms with van der Waals surface area (Å²) in [6, 6.07) is 4.17. The Hall–Kier alpha value is -0.720. The van der Waals surface area contributed by atoms with Crippen LogP contribution in [0.5, 0.6) is 0 Å². The summed E-state index contributed by atoms with van der Waals surface area (Å²) >= 11 is 0. The van der Waals surface area contributed by atoms with Gasteiger partial charge < -0.3 is 4.90 Å². The van der Waals surface area contributed by atoms with E-state index in [1.165, 1.54) is 30.6 Å². The molecule has 1 amide bonds. The fraction of sp³-hybridized carbons (Fsp3) is 0.684. The van der Waals surface area contributed by atoms with Crippen molar-refractivity contribution >= 4 is 27.5 Å². The molecule has 3 heterocycles. The van der Waals surface area contributed by atoms with Gasteiger partial charge in [0, 0.05) is 62.5 Å². The van der Waals surface area contributed by atoms with Gasteiger partial charge in [-0.2, -0.15) is 0 Å². The smallest absolute Gasteiger partial charge is 0.222 e. The molecule has 25 heavy (non-hydrogen) atoms. The Labute approximate surface area is 159 Å². The number of piperazine rings is 1.